The lowest BCUT2D eigenvalue weighted by Gasteiger charge is -2.25. The second-order valence-electron chi connectivity index (χ2n) is 4.73. The molecule has 1 heterocycles. The molecule has 1 aromatic carbocycles. The number of hydrogen-bond donors (Lipinski definition) is 3. The molecule has 1 saturated heterocycles. The van der Waals surface area contributed by atoms with Crippen molar-refractivity contribution in [1.29, 1.82) is 0 Å². The van der Waals surface area contributed by atoms with Gasteiger partial charge in [0, 0.05) is 12.2 Å². The summed E-state index contributed by atoms with van der Waals surface area (Å²) in [6.07, 6.45) is 1.71. The summed E-state index contributed by atoms with van der Waals surface area (Å²) in [6.45, 7) is 2.49. The van der Waals surface area contributed by atoms with E-state index >= 15 is 0 Å². The van der Waals surface area contributed by atoms with Gasteiger partial charge >= 0.3 is 0 Å². The smallest absolute Gasteiger partial charge is 0.241 e. The van der Waals surface area contributed by atoms with E-state index in [1.807, 2.05) is 30.3 Å². The van der Waals surface area contributed by atoms with E-state index in [1.165, 1.54) is 0 Å². The van der Waals surface area contributed by atoms with Crippen LogP contribution in [-0.2, 0) is 9.59 Å². The average Bonchev–Trinajstić information content (AvgIpc) is 2.42. The van der Waals surface area contributed by atoms with Crippen LogP contribution in [-0.4, -0.2) is 30.4 Å². The molecule has 0 aromatic heterocycles. The second-order valence-corrected chi connectivity index (χ2v) is 4.73. The Morgan fingerprint density at radius 3 is 2.79 bits per heavy atom. The molecule has 3 N–H and O–H groups in total. The summed E-state index contributed by atoms with van der Waals surface area (Å²) in [6, 6.07) is 8.60. The molecule has 2 rings (SSSR count). The third-order valence-electron chi connectivity index (χ3n) is 3.17. The maximum Gasteiger partial charge on any atom is 0.241 e. The molecule has 0 bridgehead atoms. The largest absolute Gasteiger partial charge is 0.355 e. The minimum Gasteiger partial charge on any atom is -0.355 e. The standard InChI is InChI=1S/C14H19N3O2/c1-10(16-12-8-5-9-15-14(12)19)13(18)17-11-6-3-2-4-7-11/h2-4,6-7,10,12,16H,5,8-9H2,1H3,(H,15,19)(H,17,18). The topological polar surface area (TPSA) is 70.2 Å². The van der Waals surface area contributed by atoms with E-state index in [9.17, 15) is 9.59 Å². The molecular weight excluding hydrogens is 242 g/mol. The Balaban J connectivity index is 1.87. The van der Waals surface area contributed by atoms with Crippen molar-refractivity contribution in [2.75, 3.05) is 11.9 Å². The lowest BCUT2D eigenvalue weighted by atomic mass is 10.1. The molecule has 0 radical (unpaired) electrons. The Morgan fingerprint density at radius 1 is 1.37 bits per heavy atom. The van der Waals surface area contributed by atoms with Crippen LogP contribution in [0.5, 0.6) is 0 Å². The van der Waals surface area contributed by atoms with Gasteiger partial charge in [-0.15, -0.1) is 0 Å². The van der Waals surface area contributed by atoms with Crippen LogP contribution in [0.3, 0.4) is 0 Å². The second kappa shape index (κ2) is 6.33. The number of amides is 2. The van der Waals surface area contributed by atoms with E-state index in [4.69, 9.17) is 0 Å². The minimum atomic E-state index is -0.408. The lowest BCUT2D eigenvalue weighted by molar-refractivity contribution is -0.125. The van der Waals surface area contributed by atoms with Gasteiger partial charge in [-0.1, -0.05) is 18.2 Å². The van der Waals surface area contributed by atoms with Crippen molar-refractivity contribution in [3.63, 3.8) is 0 Å². The van der Waals surface area contributed by atoms with E-state index in [1.54, 1.807) is 6.92 Å². The first kappa shape index (κ1) is 13.5. The Labute approximate surface area is 112 Å². The molecule has 2 amide bonds. The summed E-state index contributed by atoms with van der Waals surface area (Å²) in [7, 11) is 0. The number of benzene rings is 1. The number of rotatable bonds is 4. The quantitative estimate of drug-likeness (QED) is 0.753. The highest BCUT2D eigenvalue weighted by Crippen LogP contribution is 2.07. The van der Waals surface area contributed by atoms with E-state index in [0.29, 0.717) is 0 Å². The highest BCUT2D eigenvalue weighted by molar-refractivity contribution is 5.95. The van der Waals surface area contributed by atoms with E-state index < -0.39 is 6.04 Å². The maximum absolute atomic E-state index is 12.0. The van der Waals surface area contributed by atoms with Gasteiger partial charge in [-0.05, 0) is 31.9 Å². The van der Waals surface area contributed by atoms with Gasteiger partial charge in [-0.25, -0.2) is 0 Å². The summed E-state index contributed by atoms with van der Waals surface area (Å²) in [5.74, 6) is -0.157. The number of nitrogens with one attached hydrogen (secondary N) is 3. The zero-order valence-corrected chi connectivity index (χ0v) is 11.0. The van der Waals surface area contributed by atoms with Crippen molar-refractivity contribution >= 4 is 17.5 Å². The number of piperidine rings is 1. The third-order valence-corrected chi connectivity index (χ3v) is 3.17. The van der Waals surface area contributed by atoms with Gasteiger partial charge in [0.15, 0.2) is 0 Å². The van der Waals surface area contributed by atoms with Crippen LogP contribution in [0.4, 0.5) is 5.69 Å². The Kier molecular flexibility index (Phi) is 4.52. The van der Waals surface area contributed by atoms with Crippen molar-refractivity contribution in [2.24, 2.45) is 0 Å². The fourth-order valence-corrected chi connectivity index (χ4v) is 2.08. The van der Waals surface area contributed by atoms with Crippen LogP contribution in [0.1, 0.15) is 19.8 Å². The molecule has 1 aliphatic rings. The Bertz CT molecular complexity index is 447. The van der Waals surface area contributed by atoms with Gasteiger partial charge in [0.1, 0.15) is 0 Å². The van der Waals surface area contributed by atoms with Crippen molar-refractivity contribution in [3.8, 4) is 0 Å². The Hall–Kier alpha value is -1.88. The summed E-state index contributed by atoms with van der Waals surface area (Å²) in [5.41, 5.74) is 0.759. The van der Waals surface area contributed by atoms with E-state index in [2.05, 4.69) is 16.0 Å². The van der Waals surface area contributed by atoms with E-state index in [0.717, 1.165) is 25.1 Å². The summed E-state index contributed by atoms with van der Waals surface area (Å²) >= 11 is 0. The fraction of sp³-hybridized carbons (Fsp3) is 0.429. The highest BCUT2D eigenvalue weighted by atomic mass is 16.2. The molecular formula is C14H19N3O2. The zero-order chi connectivity index (χ0) is 13.7. The molecule has 102 valence electrons. The van der Waals surface area contributed by atoms with Crippen molar-refractivity contribution in [3.05, 3.63) is 30.3 Å². The van der Waals surface area contributed by atoms with Gasteiger partial charge in [0.2, 0.25) is 11.8 Å². The summed E-state index contributed by atoms with van der Waals surface area (Å²) in [4.78, 5) is 23.6. The fourth-order valence-electron chi connectivity index (χ4n) is 2.08. The van der Waals surface area contributed by atoms with Crippen molar-refractivity contribution in [1.82, 2.24) is 10.6 Å². The Morgan fingerprint density at radius 2 is 2.11 bits per heavy atom. The molecule has 1 aliphatic heterocycles. The molecule has 0 saturated carbocycles. The van der Waals surface area contributed by atoms with Gasteiger partial charge in [0.05, 0.1) is 12.1 Å². The number of carbonyl (C=O) groups excluding carboxylic acids is 2. The predicted molar refractivity (Wildman–Crippen MR) is 73.7 cm³/mol. The average molecular weight is 261 g/mol. The highest BCUT2D eigenvalue weighted by Gasteiger charge is 2.25. The molecule has 1 fully saturated rings. The molecule has 5 heteroatoms. The predicted octanol–water partition coefficient (Wildman–Crippen LogP) is 0.882. The molecule has 0 aliphatic carbocycles. The SMILES string of the molecule is CC(NC1CCCNC1=O)C(=O)Nc1ccccc1. The van der Waals surface area contributed by atoms with Gasteiger partial charge in [0.25, 0.3) is 0 Å². The van der Waals surface area contributed by atoms with Gasteiger partial charge in [-0.3, -0.25) is 14.9 Å². The lowest BCUT2D eigenvalue weighted by Crippen LogP contribution is -2.53. The molecule has 2 unspecified atom stereocenters. The normalized spacial score (nSPS) is 20.5. The molecule has 5 nitrogen and oxygen atoms in total. The zero-order valence-electron chi connectivity index (χ0n) is 11.0. The van der Waals surface area contributed by atoms with Crippen molar-refractivity contribution < 1.29 is 9.59 Å². The molecule has 0 spiro atoms. The minimum absolute atomic E-state index is 0.0226. The third kappa shape index (κ3) is 3.79. The van der Waals surface area contributed by atoms with Crippen LogP contribution in [0.2, 0.25) is 0 Å². The maximum atomic E-state index is 12.0. The number of para-hydroxylation sites is 1. The first-order chi connectivity index (χ1) is 9.16. The first-order valence-corrected chi connectivity index (χ1v) is 6.56. The van der Waals surface area contributed by atoms with Crippen LogP contribution in [0.25, 0.3) is 0 Å². The summed E-state index contributed by atoms with van der Waals surface area (Å²) < 4.78 is 0. The monoisotopic (exact) mass is 261 g/mol. The van der Waals surface area contributed by atoms with E-state index in [-0.39, 0.29) is 17.9 Å². The number of hydrogen-bond acceptors (Lipinski definition) is 3. The van der Waals surface area contributed by atoms with Crippen LogP contribution < -0.4 is 16.0 Å². The van der Waals surface area contributed by atoms with Gasteiger partial charge < -0.3 is 10.6 Å². The van der Waals surface area contributed by atoms with Crippen molar-refractivity contribution in [2.45, 2.75) is 31.8 Å². The molecule has 1 aromatic rings. The van der Waals surface area contributed by atoms with Crippen LogP contribution in [0.15, 0.2) is 30.3 Å². The number of carbonyl (C=O) groups is 2. The first-order valence-electron chi connectivity index (χ1n) is 6.56. The van der Waals surface area contributed by atoms with Gasteiger partial charge in [-0.2, -0.15) is 0 Å². The molecule has 19 heavy (non-hydrogen) atoms. The number of anilines is 1. The van der Waals surface area contributed by atoms with Crippen LogP contribution >= 0.6 is 0 Å². The summed E-state index contributed by atoms with van der Waals surface area (Å²) in [5, 5.41) is 8.67. The van der Waals surface area contributed by atoms with Crippen LogP contribution in [0, 0.1) is 0 Å². The molecule has 2 atom stereocenters.